The van der Waals surface area contributed by atoms with E-state index >= 15 is 22.0 Å². The van der Waals surface area contributed by atoms with Crippen LogP contribution in [0.25, 0.3) is 43.8 Å². The van der Waals surface area contributed by atoms with Crippen LogP contribution in [0.4, 0.5) is 39.5 Å². The molecule has 0 unspecified atom stereocenters. The maximum Gasteiger partial charge on any atom is 0.204 e. The van der Waals surface area contributed by atoms with E-state index in [0.29, 0.717) is 12.9 Å². The summed E-state index contributed by atoms with van der Waals surface area (Å²) >= 11 is 0. The molecule has 0 saturated carbocycles. The maximum atomic E-state index is 15.5. The highest BCUT2D eigenvalue weighted by atomic mass is 19.2. The van der Waals surface area contributed by atoms with Crippen molar-refractivity contribution >= 4 is 21.5 Å². The second kappa shape index (κ2) is 9.40. The molecule has 5 aromatic rings. The van der Waals surface area contributed by atoms with Crippen molar-refractivity contribution in [2.75, 3.05) is 14.2 Å². The third-order valence-corrected chi connectivity index (χ3v) is 6.36. The van der Waals surface area contributed by atoms with Crippen LogP contribution in [0.3, 0.4) is 0 Å². The fraction of sp³-hybridized carbons (Fsp3) is 0.0714. The zero-order chi connectivity index (χ0) is 28.3. The summed E-state index contributed by atoms with van der Waals surface area (Å²) in [5.74, 6) is -19.8. The standard InChI is InChI=1S/C28H13F9O2/c1-38-11-8-6-10(7-9-11)14-12-4-3-5-13(29)15(12)16(18-17(14)20(30)24(34)25(35)21(18)31)19-22(32)26(36)28(39-2)27(37)23(19)33/h3-9H,1-2H3. The summed E-state index contributed by atoms with van der Waals surface area (Å²) in [6.45, 7) is 0. The van der Waals surface area contributed by atoms with Crippen molar-refractivity contribution < 1.29 is 49.0 Å². The molecule has 2 nitrogen and oxygen atoms in total. The van der Waals surface area contributed by atoms with Crippen LogP contribution in [0.1, 0.15) is 0 Å². The van der Waals surface area contributed by atoms with Crippen LogP contribution >= 0.6 is 0 Å². The summed E-state index contributed by atoms with van der Waals surface area (Å²) in [5, 5.41) is -3.61. The number of halogens is 9. The lowest BCUT2D eigenvalue weighted by atomic mass is 9.84. The number of hydrogen-bond acceptors (Lipinski definition) is 2. The molecule has 0 aromatic heterocycles. The van der Waals surface area contributed by atoms with Crippen molar-refractivity contribution in [2.45, 2.75) is 0 Å². The Morgan fingerprint density at radius 3 is 1.51 bits per heavy atom. The fourth-order valence-electron chi connectivity index (χ4n) is 4.67. The highest BCUT2D eigenvalue weighted by molar-refractivity contribution is 6.22. The van der Waals surface area contributed by atoms with Crippen LogP contribution in [0, 0.1) is 52.4 Å². The number of ether oxygens (including phenoxy) is 2. The van der Waals surface area contributed by atoms with E-state index in [1.807, 2.05) is 0 Å². The first kappa shape index (κ1) is 26.2. The molecule has 0 spiro atoms. The SMILES string of the molecule is COc1ccc(-c2c3cccc(F)c3c(-c3c(F)c(F)c(OC)c(F)c3F)c3c(F)c(F)c(F)c(F)c23)cc1. The minimum absolute atomic E-state index is 0.0142. The molecule has 0 N–H and O–H groups in total. The summed E-state index contributed by atoms with van der Waals surface area (Å²) in [5.41, 5.74) is -3.34. The second-order valence-corrected chi connectivity index (χ2v) is 8.31. The fourth-order valence-corrected chi connectivity index (χ4v) is 4.67. The normalized spacial score (nSPS) is 11.5. The molecule has 0 fully saturated rings. The van der Waals surface area contributed by atoms with Crippen LogP contribution in [0.15, 0.2) is 42.5 Å². The zero-order valence-corrected chi connectivity index (χ0v) is 19.8. The van der Waals surface area contributed by atoms with E-state index in [1.165, 1.54) is 31.4 Å². The van der Waals surface area contributed by atoms with E-state index in [1.54, 1.807) is 0 Å². The van der Waals surface area contributed by atoms with Crippen molar-refractivity contribution in [3.05, 3.63) is 94.8 Å². The molecule has 0 aliphatic heterocycles. The molecule has 0 aliphatic rings. The number of benzene rings is 5. The Morgan fingerprint density at radius 1 is 0.462 bits per heavy atom. The lowest BCUT2D eigenvalue weighted by Gasteiger charge is -2.21. The number of rotatable bonds is 4. The molecule has 0 saturated heterocycles. The topological polar surface area (TPSA) is 18.5 Å². The Morgan fingerprint density at radius 2 is 1.00 bits per heavy atom. The average molecular weight is 552 g/mol. The van der Waals surface area contributed by atoms with Gasteiger partial charge in [0.1, 0.15) is 11.6 Å². The number of hydrogen-bond donors (Lipinski definition) is 0. The van der Waals surface area contributed by atoms with E-state index in [9.17, 15) is 17.6 Å². The van der Waals surface area contributed by atoms with Gasteiger partial charge in [-0.15, -0.1) is 0 Å². The van der Waals surface area contributed by atoms with Gasteiger partial charge in [-0.2, -0.15) is 8.78 Å². The van der Waals surface area contributed by atoms with E-state index in [2.05, 4.69) is 4.74 Å². The maximum absolute atomic E-state index is 15.5. The summed E-state index contributed by atoms with van der Waals surface area (Å²) < 4.78 is 145. The molecule has 0 bridgehead atoms. The zero-order valence-electron chi connectivity index (χ0n) is 19.8. The monoisotopic (exact) mass is 552 g/mol. The van der Waals surface area contributed by atoms with E-state index < -0.39 is 91.0 Å². The van der Waals surface area contributed by atoms with Gasteiger partial charge < -0.3 is 9.47 Å². The van der Waals surface area contributed by atoms with Crippen LogP contribution in [-0.4, -0.2) is 14.2 Å². The van der Waals surface area contributed by atoms with Gasteiger partial charge in [-0.25, -0.2) is 30.7 Å². The van der Waals surface area contributed by atoms with Gasteiger partial charge >= 0.3 is 0 Å². The van der Waals surface area contributed by atoms with Crippen LogP contribution < -0.4 is 9.47 Å². The van der Waals surface area contributed by atoms with Crippen molar-refractivity contribution in [3.63, 3.8) is 0 Å². The van der Waals surface area contributed by atoms with Crippen LogP contribution in [-0.2, 0) is 0 Å². The first-order valence-electron chi connectivity index (χ1n) is 11.0. The Kier molecular flexibility index (Phi) is 6.32. The predicted octanol–water partition coefficient (Wildman–Crippen LogP) is 8.60. The smallest absolute Gasteiger partial charge is 0.204 e. The molecule has 39 heavy (non-hydrogen) atoms. The molecule has 0 radical (unpaired) electrons. The summed E-state index contributed by atoms with van der Waals surface area (Å²) in [4.78, 5) is 0. The highest BCUT2D eigenvalue weighted by Gasteiger charge is 2.34. The minimum atomic E-state index is -2.40. The molecule has 5 rings (SSSR count). The Balaban J connectivity index is 2.15. The number of fused-ring (bicyclic) bond motifs is 2. The molecule has 200 valence electrons. The van der Waals surface area contributed by atoms with Crippen molar-refractivity contribution in [1.29, 1.82) is 0 Å². The third kappa shape index (κ3) is 3.67. The first-order chi connectivity index (χ1) is 18.5. The molecule has 0 heterocycles. The van der Waals surface area contributed by atoms with Gasteiger partial charge in [-0.3, -0.25) is 0 Å². The van der Waals surface area contributed by atoms with Crippen molar-refractivity contribution in [1.82, 2.24) is 0 Å². The van der Waals surface area contributed by atoms with E-state index in [0.717, 1.165) is 18.2 Å². The highest BCUT2D eigenvalue weighted by Crippen LogP contribution is 2.49. The van der Waals surface area contributed by atoms with Gasteiger partial charge in [0.2, 0.25) is 11.6 Å². The lowest BCUT2D eigenvalue weighted by Crippen LogP contribution is -2.07. The van der Waals surface area contributed by atoms with Gasteiger partial charge in [0.05, 0.1) is 19.8 Å². The van der Waals surface area contributed by atoms with Crippen LogP contribution in [0.5, 0.6) is 11.5 Å². The Hall–Kier alpha value is -4.41. The van der Waals surface area contributed by atoms with Crippen LogP contribution in [0.2, 0.25) is 0 Å². The van der Waals surface area contributed by atoms with Gasteiger partial charge in [0.25, 0.3) is 0 Å². The quantitative estimate of drug-likeness (QED) is 0.0963. The van der Waals surface area contributed by atoms with Crippen molar-refractivity contribution in [2.24, 2.45) is 0 Å². The Bertz CT molecular complexity index is 1790. The summed E-state index contributed by atoms with van der Waals surface area (Å²) in [6, 6.07) is 8.38. The minimum Gasteiger partial charge on any atom is -0.497 e. The molecule has 11 heteroatoms. The van der Waals surface area contributed by atoms with E-state index in [4.69, 9.17) is 4.74 Å². The summed E-state index contributed by atoms with van der Waals surface area (Å²) in [6.07, 6.45) is 0. The van der Waals surface area contributed by atoms with Gasteiger partial charge in [-0.05, 0) is 29.1 Å². The third-order valence-electron chi connectivity index (χ3n) is 6.36. The van der Waals surface area contributed by atoms with Gasteiger partial charge in [0.15, 0.2) is 40.7 Å². The first-order valence-corrected chi connectivity index (χ1v) is 11.0. The van der Waals surface area contributed by atoms with Gasteiger partial charge in [-0.1, -0.05) is 24.3 Å². The molecular weight excluding hydrogens is 539 g/mol. The number of methoxy groups -OCH3 is 2. The largest absolute Gasteiger partial charge is 0.497 e. The molecule has 0 amide bonds. The van der Waals surface area contributed by atoms with E-state index in [-0.39, 0.29) is 10.9 Å². The Labute approximate surface area is 213 Å². The lowest BCUT2D eigenvalue weighted by molar-refractivity contribution is 0.334. The second-order valence-electron chi connectivity index (χ2n) is 8.31. The molecule has 5 aromatic carbocycles. The van der Waals surface area contributed by atoms with Gasteiger partial charge in [0, 0.05) is 27.3 Å². The molecule has 0 atom stereocenters. The van der Waals surface area contributed by atoms with Crippen molar-refractivity contribution in [3.8, 4) is 33.8 Å². The summed E-state index contributed by atoms with van der Waals surface area (Å²) in [7, 11) is 2.05. The average Bonchev–Trinajstić information content (AvgIpc) is 2.94. The molecule has 0 aliphatic carbocycles. The predicted molar refractivity (Wildman–Crippen MR) is 125 cm³/mol. The molecular formula is C28H13F9O2.